The van der Waals surface area contributed by atoms with Crippen LogP contribution >= 0.6 is 0 Å². The van der Waals surface area contributed by atoms with Crippen LogP contribution in [0.2, 0.25) is 0 Å². The van der Waals surface area contributed by atoms with Crippen molar-refractivity contribution in [2.24, 2.45) is 5.73 Å². The second-order valence-electron chi connectivity index (χ2n) is 6.79. The van der Waals surface area contributed by atoms with E-state index in [2.05, 4.69) is 19.9 Å². The molecule has 2 rings (SSSR count). The van der Waals surface area contributed by atoms with Crippen molar-refractivity contribution in [2.75, 3.05) is 32.8 Å². The third-order valence-corrected chi connectivity index (χ3v) is 4.78. The van der Waals surface area contributed by atoms with Crippen LogP contribution in [0.4, 0.5) is 0 Å². The molecule has 0 saturated carbocycles. The van der Waals surface area contributed by atoms with Crippen LogP contribution in [0.5, 0.6) is 5.75 Å². The van der Waals surface area contributed by atoms with E-state index in [1.165, 1.54) is 11.1 Å². The number of piperidine rings is 1. The summed E-state index contributed by atoms with van der Waals surface area (Å²) in [5.74, 6) is 1.11. The molecule has 2 N–H and O–H groups in total. The Morgan fingerprint density at radius 1 is 1.16 bits per heavy atom. The number of nitrogens with two attached hydrogens (primary N) is 1. The zero-order chi connectivity index (χ0) is 18.1. The molecule has 0 radical (unpaired) electrons. The molecule has 25 heavy (non-hydrogen) atoms. The fraction of sp³-hybridized carbons (Fsp3) is 0.650. The van der Waals surface area contributed by atoms with Gasteiger partial charge in [-0.05, 0) is 69.3 Å². The minimum absolute atomic E-state index is 0.226. The lowest BCUT2D eigenvalue weighted by Crippen LogP contribution is -2.41. The molecule has 5 nitrogen and oxygen atoms in total. The fourth-order valence-corrected chi connectivity index (χ4v) is 2.98. The van der Waals surface area contributed by atoms with Gasteiger partial charge >= 0.3 is 0 Å². The molecule has 0 atom stereocenters. The minimum atomic E-state index is 0.226. The van der Waals surface area contributed by atoms with Crippen LogP contribution in [0.15, 0.2) is 18.2 Å². The summed E-state index contributed by atoms with van der Waals surface area (Å²) in [5.41, 5.74) is 7.96. The van der Waals surface area contributed by atoms with Crippen LogP contribution in [-0.4, -0.2) is 49.8 Å². The Balaban J connectivity index is 1.60. The van der Waals surface area contributed by atoms with Gasteiger partial charge in [-0.2, -0.15) is 0 Å². The van der Waals surface area contributed by atoms with E-state index in [0.29, 0.717) is 19.6 Å². The molecule has 1 aliphatic rings. The summed E-state index contributed by atoms with van der Waals surface area (Å²) in [6.45, 7) is 7.73. The first kappa shape index (κ1) is 19.7. The predicted molar refractivity (Wildman–Crippen MR) is 99.9 cm³/mol. The van der Waals surface area contributed by atoms with Crippen LogP contribution in [0.1, 0.15) is 43.2 Å². The normalized spacial score (nSPS) is 15.4. The van der Waals surface area contributed by atoms with E-state index in [0.717, 1.165) is 51.1 Å². The SMILES string of the molecule is Cc1ccc(OCCCC(=O)N2CCC(OCCCN)CC2)cc1C. The maximum atomic E-state index is 12.3. The molecule has 1 amide bonds. The molecule has 1 aromatic rings. The summed E-state index contributed by atoms with van der Waals surface area (Å²) in [6.07, 6.45) is 4.33. The Kier molecular flexibility index (Phi) is 8.22. The number of carbonyl (C=O) groups excluding carboxylic acids is 1. The minimum Gasteiger partial charge on any atom is -0.494 e. The summed E-state index contributed by atoms with van der Waals surface area (Å²) in [5, 5.41) is 0. The van der Waals surface area contributed by atoms with Crippen molar-refractivity contribution in [3.63, 3.8) is 0 Å². The van der Waals surface area contributed by atoms with E-state index < -0.39 is 0 Å². The van der Waals surface area contributed by atoms with Gasteiger partial charge in [-0.1, -0.05) is 6.07 Å². The lowest BCUT2D eigenvalue weighted by Gasteiger charge is -2.32. The quantitative estimate of drug-likeness (QED) is 0.697. The second kappa shape index (κ2) is 10.4. The fourth-order valence-electron chi connectivity index (χ4n) is 2.98. The van der Waals surface area contributed by atoms with E-state index in [1.54, 1.807) is 0 Å². The van der Waals surface area contributed by atoms with Gasteiger partial charge in [0.25, 0.3) is 0 Å². The highest BCUT2D eigenvalue weighted by molar-refractivity contribution is 5.76. The molecule has 0 bridgehead atoms. The van der Waals surface area contributed by atoms with Crippen molar-refractivity contribution >= 4 is 5.91 Å². The third kappa shape index (κ3) is 6.67. The number of amides is 1. The number of likely N-dealkylation sites (tertiary alicyclic amines) is 1. The molecule has 140 valence electrons. The lowest BCUT2D eigenvalue weighted by atomic mass is 10.1. The number of ether oxygens (including phenoxy) is 2. The van der Waals surface area contributed by atoms with E-state index in [9.17, 15) is 4.79 Å². The molecular formula is C20H32N2O3. The first-order valence-corrected chi connectivity index (χ1v) is 9.39. The number of hydrogen-bond acceptors (Lipinski definition) is 4. The van der Waals surface area contributed by atoms with Gasteiger partial charge in [0.2, 0.25) is 5.91 Å². The topological polar surface area (TPSA) is 64.8 Å². The van der Waals surface area contributed by atoms with Gasteiger partial charge in [0.05, 0.1) is 12.7 Å². The van der Waals surface area contributed by atoms with Crippen molar-refractivity contribution in [3.05, 3.63) is 29.3 Å². The maximum absolute atomic E-state index is 12.3. The third-order valence-electron chi connectivity index (χ3n) is 4.78. The zero-order valence-corrected chi connectivity index (χ0v) is 15.6. The molecule has 1 aromatic carbocycles. The van der Waals surface area contributed by atoms with E-state index in [4.69, 9.17) is 15.2 Å². The Morgan fingerprint density at radius 2 is 1.92 bits per heavy atom. The van der Waals surface area contributed by atoms with Gasteiger partial charge in [-0.15, -0.1) is 0 Å². The summed E-state index contributed by atoms with van der Waals surface area (Å²) in [7, 11) is 0. The lowest BCUT2D eigenvalue weighted by molar-refractivity contribution is -0.134. The summed E-state index contributed by atoms with van der Waals surface area (Å²) in [4.78, 5) is 14.2. The van der Waals surface area contributed by atoms with E-state index in [1.807, 2.05) is 17.0 Å². The highest BCUT2D eigenvalue weighted by Crippen LogP contribution is 2.18. The largest absolute Gasteiger partial charge is 0.494 e. The molecule has 5 heteroatoms. The molecule has 0 aromatic heterocycles. The number of hydrogen-bond donors (Lipinski definition) is 1. The average molecular weight is 348 g/mol. The Hall–Kier alpha value is -1.59. The van der Waals surface area contributed by atoms with E-state index in [-0.39, 0.29) is 12.0 Å². The predicted octanol–water partition coefficient (Wildman–Crippen LogP) is 2.82. The molecule has 1 aliphatic heterocycles. The standard InChI is InChI=1S/C20H32N2O3/c1-16-6-7-19(15-17(16)2)25-13-3-5-20(23)22-11-8-18(9-12-22)24-14-4-10-21/h6-7,15,18H,3-5,8-14,21H2,1-2H3. The number of nitrogens with zero attached hydrogens (tertiary/aromatic N) is 1. The highest BCUT2D eigenvalue weighted by atomic mass is 16.5. The Bertz CT molecular complexity index is 540. The van der Waals surface area contributed by atoms with Crippen molar-refractivity contribution in [1.29, 1.82) is 0 Å². The van der Waals surface area contributed by atoms with E-state index >= 15 is 0 Å². The van der Waals surface area contributed by atoms with Crippen molar-refractivity contribution < 1.29 is 14.3 Å². The molecular weight excluding hydrogens is 316 g/mol. The molecule has 1 fully saturated rings. The Labute approximate surface area is 151 Å². The molecule has 0 unspecified atom stereocenters. The van der Waals surface area contributed by atoms with Crippen molar-refractivity contribution in [3.8, 4) is 5.75 Å². The summed E-state index contributed by atoms with van der Waals surface area (Å²) < 4.78 is 11.5. The average Bonchev–Trinajstić information content (AvgIpc) is 2.62. The second-order valence-corrected chi connectivity index (χ2v) is 6.79. The number of benzene rings is 1. The monoisotopic (exact) mass is 348 g/mol. The maximum Gasteiger partial charge on any atom is 0.222 e. The molecule has 0 aliphatic carbocycles. The van der Waals surface area contributed by atoms with Gasteiger partial charge in [0.15, 0.2) is 0 Å². The van der Waals surface area contributed by atoms with Gasteiger partial charge in [-0.25, -0.2) is 0 Å². The van der Waals surface area contributed by atoms with Crippen molar-refractivity contribution in [2.45, 2.75) is 52.1 Å². The summed E-state index contributed by atoms with van der Waals surface area (Å²) in [6, 6.07) is 6.10. The van der Waals surface area contributed by atoms with Crippen LogP contribution in [0.25, 0.3) is 0 Å². The molecule has 1 saturated heterocycles. The molecule has 1 heterocycles. The number of rotatable bonds is 9. The zero-order valence-electron chi connectivity index (χ0n) is 15.6. The highest BCUT2D eigenvalue weighted by Gasteiger charge is 2.22. The smallest absolute Gasteiger partial charge is 0.222 e. The van der Waals surface area contributed by atoms with Crippen LogP contribution in [0, 0.1) is 13.8 Å². The van der Waals surface area contributed by atoms with Crippen LogP contribution < -0.4 is 10.5 Å². The van der Waals surface area contributed by atoms with Gasteiger partial charge in [0.1, 0.15) is 5.75 Å². The Morgan fingerprint density at radius 3 is 2.60 bits per heavy atom. The van der Waals surface area contributed by atoms with Gasteiger partial charge < -0.3 is 20.1 Å². The van der Waals surface area contributed by atoms with Crippen molar-refractivity contribution in [1.82, 2.24) is 4.90 Å². The number of aryl methyl sites for hydroxylation is 2. The molecule has 0 spiro atoms. The first-order valence-electron chi connectivity index (χ1n) is 9.39. The summed E-state index contributed by atoms with van der Waals surface area (Å²) >= 11 is 0. The van der Waals surface area contributed by atoms with Crippen LogP contribution in [-0.2, 0) is 9.53 Å². The number of carbonyl (C=O) groups is 1. The van der Waals surface area contributed by atoms with Gasteiger partial charge in [0, 0.05) is 26.1 Å². The first-order chi connectivity index (χ1) is 12.1. The van der Waals surface area contributed by atoms with Gasteiger partial charge in [-0.3, -0.25) is 4.79 Å². The van der Waals surface area contributed by atoms with Crippen LogP contribution in [0.3, 0.4) is 0 Å².